The van der Waals surface area contributed by atoms with Crippen LogP contribution in [0.25, 0.3) is 0 Å². The Kier molecular flexibility index (Phi) is 6.29. The van der Waals surface area contributed by atoms with Gasteiger partial charge >= 0.3 is 0 Å². The third-order valence-corrected chi connectivity index (χ3v) is 3.79. The van der Waals surface area contributed by atoms with Gasteiger partial charge in [0.15, 0.2) is 0 Å². The molecule has 7 nitrogen and oxygen atoms in total. The molecule has 0 unspecified atom stereocenters. The van der Waals surface area contributed by atoms with Crippen LogP contribution in [-0.2, 0) is 14.4 Å². The SMILES string of the molecule is CC(C)[C@@H](NC(=O)[C@@H](N)[C@@H](C)O)C(=O)N1CCC[C@H]1C=O. The number of carbonyl (C=O) groups is 3. The van der Waals surface area contributed by atoms with Gasteiger partial charge in [0.1, 0.15) is 18.4 Å². The van der Waals surface area contributed by atoms with Gasteiger partial charge in [0.25, 0.3) is 0 Å². The highest BCUT2D eigenvalue weighted by Gasteiger charge is 2.36. The average Bonchev–Trinajstić information content (AvgIpc) is 2.90. The van der Waals surface area contributed by atoms with E-state index in [1.165, 1.54) is 11.8 Å². The molecule has 1 saturated heterocycles. The van der Waals surface area contributed by atoms with Gasteiger partial charge in [-0.15, -0.1) is 0 Å². The van der Waals surface area contributed by atoms with E-state index in [2.05, 4.69) is 5.32 Å². The van der Waals surface area contributed by atoms with Crippen LogP contribution in [0, 0.1) is 5.92 Å². The monoisotopic (exact) mass is 299 g/mol. The topological polar surface area (TPSA) is 113 Å². The fourth-order valence-corrected chi connectivity index (χ4v) is 2.37. The van der Waals surface area contributed by atoms with E-state index in [1.54, 1.807) is 0 Å². The first-order valence-electron chi connectivity index (χ1n) is 7.29. The number of aliphatic hydroxyl groups excluding tert-OH is 1. The first kappa shape index (κ1) is 17.6. The number of hydrogen-bond acceptors (Lipinski definition) is 5. The number of aldehydes is 1. The van der Waals surface area contributed by atoms with Crippen molar-refractivity contribution in [3.8, 4) is 0 Å². The largest absolute Gasteiger partial charge is 0.391 e. The Hall–Kier alpha value is -1.47. The van der Waals surface area contributed by atoms with Gasteiger partial charge in [0, 0.05) is 6.54 Å². The van der Waals surface area contributed by atoms with Crippen molar-refractivity contribution in [2.75, 3.05) is 6.54 Å². The van der Waals surface area contributed by atoms with Gasteiger partial charge in [-0.2, -0.15) is 0 Å². The third-order valence-electron chi connectivity index (χ3n) is 3.79. The Bertz CT molecular complexity index is 398. The van der Waals surface area contributed by atoms with Crippen molar-refractivity contribution in [3.05, 3.63) is 0 Å². The fourth-order valence-electron chi connectivity index (χ4n) is 2.37. The molecule has 7 heteroatoms. The minimum atomic E-state index is -1.08. The molecule has 0 saturated carbocycles. The molecule has 4 atom stereocenters. The van der Waals surface area contributed by atoms with E-state index < -0.39 is 30.1 Å². The highest BCUT2D eigenvalue weighted by atomic mass is 16.3. The Morgan fingerprint density at radius 1 is 1.38 bits per heavy atom. The van der Waals surface area contributed by atoms with Gasteiger partial charge in [-0.1, -0.05) is 13.8 Å². The lowest BCUT2D eigenvalue weighted by Crippen LogP contribution is -2.57. The number of aliphatic hydroxyl groups is 1. The van der Waals surface area contributed by atoms with Gasteiger partial charge < -0.3 is 25.9 Å². The molecule has 4 N–H and O–H groups in total. The highest BCUT2D eigenvalue weighted by molar-refractivity contribution is 5.91. The standard InChI is InChI=1S/C14H25N3O4/c1-8(2)12(16-13(20)11(15)9(3)19)14(21)17-6-4-5-10(17)7-18/h7-12,19H,4-6,15H2,1-3H3,(H,16,20)/t9-,10+,11+,12-/m1/s1. The van der Waals surface area contributed by atoms with Crippen LogP contribution in [0.15, 0.2) is 0 Å². The Labute approximate surface area is 124 Å². The summed E-state index contributed by atoms with van der Waals surface area (Å²) in [7, 11) is 0. The molecule has 0 spiro atoms. The molecule has 1 aliphatic rings. The highest BCUT2D eigenvalue weighted by Crippen LogP contribution is 2.18. The number of carbonyl (C=O) groups excluding carboxylic acids is 3. The summed E-state index contributed by atoms with van der Waals surface area (Å²) >= 11 is 0. The van der Waals surface area contributed by atoms with Crippen LogP contribution >= 0.6 is 0 Å². The van der Waals surface area contributed by atoms with Crippen LogP contribution in [0.4, 0.5) is 0 Å². The second-order valence-electron chi connectivity index (χ2n) is 5.87. The van der Waals surface area contributed by atoms with Crippen molar-refractivity contribution < 1.29 is 19.5 Å². The molecule has 0 aromatic heterocycles. The zero-order chi connectivity index (χ0) is 16.2. The molecule has 1 rings (SSSR count). The molecule has 120 valence electrons. The number of hydrogen-bond donors (Lipinski definition) is 3. The molecule has 0 bridgehead atoms. The Morgan fingerprint density at radius 3 is 2.48 bits per heavy atom. The number of nitrogens with zero attached hydrogens (tertiary/aromatic N) is 1. The lowest BCUT2D eigenvalue weighted by molar-refractivity contribution is -0.140. The number of nitrogens with two attached hydrogens (primary N) is 1. The molecule has 1 heterocycles. The summed E-state index contributed by atoms with van der Waals surface area (Å²) in [5.74, 6) is -0.986. The molecule has 1 aliphatic heterocycles. The van der Waals surface area contributed by atoms with E-state index in [4.69, 9.17) is 5.73 Å². The lowest BCUT2D eigenvalue weighted by Gasteiger charge is -2.30. The lowest BCUT2D eigenvalue weighted by atomic mass is 10.0. The maximum Gasteiger partial charge on any atom is 0.246 e. The number of rotatable bonds is 6. The van der Waals surface area contributed by atoms with Crippen LogP contribution < -0.4 is 11.1 Å². The minimum absolute atomic E-state index is 0.143. The molecule has 2 amide bonds. The Balaban J connectivity index is 2.79. The number of likely N-dealkylation sites (tertiary alicyclic amines) is 1. The smallest absolute Gasteiger partial charge is 0.246 e. The third kappa shape index (κ3) is 4.25. The summed E-state index contributed by atoms with van der Waals surface area (Å²) in [6.45, 7) is 5.55. The zero-order valence-corrected chi connectivity index (χ0v) is 12.8. The van der Waals surface area contributed by atoms with Crippen LogP contribution in [-0.4, -0.2) is 58.9 Å². The number of nitrogens with one attached hydrogen (secondary N) is 1. The molecular formula is C14H25N3O4. The van der Waals surface area contributed by atoms with Gasteiger partial charge in [0.05, 0.1) is 12.1 Å². The van der Waals surface area contributed by atoms with Crippen LogP contribution in [0.5, 0.6) is 0 Å². The van der Waals surface area contributed by atoms with Crippen molar-refractivity contribution >= 4 is 18.1 Å². The first-order valence-corrected chi connectivity index (χ1v) is 7.29. The van der Waals surface area contributed by atoms with Crippen LogP contribution in [0.1, 0.15) is 33.6 Å². The minimum Gasteiger partial charge on any atom is -0.391 e. The van der Waals surface area contributed by atoms with Crippen molar-refractivity contribution in [1.82, 2.24) is 10.2 Å². The van der Waals surface area contributed by atoms with Crippen LogP contribution in [0.2, 0.25) is 0 Å². The second kappa shape index (κ2) is 7.51. The molecule has 21 heavy (non-hydrogen) atoms. The fraction of sp³-hybridized carbons (Fsp3) is 0.786. The van der Waals surface area contributed by atoms with Gasteiger partial charge in [0.2, 0.25) is 11.8 Å². The quantitative estimate of drug-likeness (QED) is 0.546. The van der Waals surface area contributed by atoms with Gasteiger partial charge in [-0.05, 0) is 25.7 Å². The van der Waals surface area contributed by atoms with Crippen molar-refractivity contribution in [1.29, 1.82) is 0 Å². The first-order chi connectivity index (χ1) is 9.79. The van der Waals surface area contributed by atoms with E-state index >= 15 is 0 Å². The summed E-state index contributed by atoms with van der Waals surface area (Å²) in [6.07, 6.45) is 1.20. The summed E-state index contributed by atoms with van der Waals surface area (Å²) in [5, 5.41) is 11.9. The van der Waals surface area contributed by atoms with Crippen molar-refractivity contribution in [2.45, 2.75) is 57.8 Å². The molecule has 0 aromatic carbocycles. The van der Waals surface area contributed by atoms with Crippen molar-refractivity contribution in [3.63, 3.8) is 0 Å². The van der Waals surface area contributed by atoms with E-state index in [9.17, 15) is 19.5 Å². The van der Waals surface area contributed by atoms with Gasteiger partial charge in [-0.3, -0.25) is 9.59 Å². The summed E-state index contributed by atoms with van der Waals surface area (Å²) in [5.41, 5.74) is 5.57. The summed E-state index contributed by atoms with van der Waals surface area (Å²) in [6, 6.07) is -2.25. The van der Waals surface area contributed by atoms with Crippen LogP contribution in [0.3, 0.4) is 0 Å². The maximum atomic E-state index is 12.5. The second-order valence-corrected chi connectivity index (χ2v) is 5.87. The van der Waals surface area contributed by atoms with E-state index in [-0.39, 0.29) is 11.8 Å². The molecule has 0 aliphatic carbocycles. The Morgan fingerprint density at radius 2 is 2.00 bits per heavy atom. The molecule has 0 radical (unpaired) electrons. The zero-order valence-electron chi connectivity index (χ0n) is 12.8. The predicted molar refractivity (Wildman–Crippen MR) is 77.2 cm³/mol. The summed E-state index contributed by atoms with van der Waals surface area (Å²) in [4.78, 5) is 37.0. The van der Waals surface area contributed by atoms with Gasteiger partial charge in [-0.25, -0.2) is 0 Å². The van der Waals surface area contributed by atoms with E-state index in [1.807, 2.05) is 13.8 Å². The predicted octanol–water partition coefficient (Wildman–Crippen LogP) is -0.975. The molecule has 0 aromatic rings. The maximum absolute atomic E-state index is 12.5. The normalized spacial score (nSPS) is 22.8. The van der Waals surface area contributed by atoms with E-state index in [0.29, 0.717) is 13.0 Å². The molecule has 1 fully saturated rings. The number of amides is 2. The van der Waals surface area contributed by atoms with E-state index in [0.717, 1.165) is 12.7 Å². The summed E-state index contributed by atoms with van der Waals surface area (Å²) < 4.78 is 0. The average molecular weight is 299 g/mol. The van der Waals surface area contributed by atoms with Crippen molar-refractivity contribution in [2.24, 2.45) is 11.7 Å². The molecular weight excluding hydrogens is 274 g/mol.